The average Bonchev–Trinajstić information content (AvgIpc) is 3.21. The van der Waals surface area contributed by atoms with Gasteiger partial charge in [-0.25, -0.2) is 31.7 Å². The Morgan fingerprint density at radius 1 is 1.20 bits per heavy atom. The quantitative estimate of drug-likeness (QED) is 0.442. The number of sulfonamides is 1. The first kappa shape index (κ1) is 28.6. The van der Waals surface area contributed by atoms with Gasteiger partial charge in [-0.3, -0.25) is 9.30 Å². The molecule has 1 saturated heterocycles. The van der Waals surface area contributed by atoms with Gasteiger partial charge in [-0.2, -0.15) is 0 Å². The van der Waals surface area contributed by atoms with Crippen molar-refractivity contribution in [3.8, 4) is 10.8 Å². The number of pyridine rings is 1. The van der Waals surface area contributed by atoms with E-state index in [-0.39, 0.29) is 27.8 Å². The predicted octanol–water partition coefficient (Wildman–Crippen LogP) is 4.46. The zero-order chi connectivity index (χ0) is 29.2. The molecule has 2 atom stereocenters. The van der Waals surface area contributed by atoms with Gasteiger partial charge < -0.3 is 9.64 Å². The molecule has 1 aliphatic heterocycles. The SMILES string of the molecule is C[C@@H]1CN(c2cc(S(=O)(=O)NC3(C)CC3)cn3c(-c4nnc(C(F)F)s4)ncc23)C[C@@H](C)N1C(=O)OC(C)(C)C. The minimum atomic E-state index is -3.93. The Kier molecular flexibility index (Phi) is 7.06. The van der Waals surface area contributed by atoms with Gasteiger partial charge in [0.15, 0.2) is 15.8 Å². The first-order chi connectivity index (χ1) is 18.6. The van der Waals surface area contributed by atoms with E-state index in [0.29, 0.717) is 35.6 Å². The maximum absolute atomic E-state index is 13.5. The van der Waals surface area contributed by atoms with Gasteiger partial charge in [-0.1, -0.05) is 11.3 Å². The van der Waals surface area contributed by atoms with E-state index in [1.807, 2.05) is 46.4 Å². The number of ether oxygens (including phenoxy) is 1. The Morgan fingerprint density at radius 2 is 1.85 bits per heavy atom. The van der Waals surface area contributed by atoms with Crippen LogP contribution in [-0.4, -0.2) is 75.3 Å². The summed E-state index contributed by atoms with van der Waals surface area (Å²) in [5, 5.41) is 7.15. The van der Waals surface area contributed by atoms with Crippen molar-refractivity contribution < 1.29 is 26.7 Å². The molecule has 0 spiro atoms. The number of hydrogen-bond acceptors (Lipinski definition) is 9. The Labute approximate surface area is 235 Å². The molecule has 0 radical (unpaired) electrons. The monoisotopic (exact) mass is 597 g/mol. The van der Waals surface area contributed by atoms with Gasteiger partial charge in [0, 0.05) is 24.8 Å². The molecule has 0 unspecified atom stereocenters. The predicted molar refractivity (Wildman–Crippen MR) is 146 cm³/mol. The molecule has 1 aliphatic carbocycles. The van der Waals surface area contributed by atoms with Crippen LogP contribution in [0.15, 0.2) is 23.4 Å². The summed E-state index contributed by atoms with van der Waals surface area (Å²) in [6, 6.07) is 1.10. The van der Waals surface area contributed by atoms with Crippen molar-refractivity contribution in [2.45, 2.75) is 88.9 Å². The number of nitrogens with one attached hydrogen (secondary N) is 1. The van der Waals surface area contributed by atoms with Crippen molar-refractivity contribution in [2.75, 3.05) is 18.0 Å². The Bertz CT molecular complexity index is 1530. The molecule has 5 rings (SSSR count). The molecule has 4 heterocycles. The molecule has 0 aromatic carbocycles. The maximum Gasteiger partial charge on any atom is 0.410 e. The van der Waals surface area contributed by atoms with Crippen LogP contribution in [0.25, 0.3) is 16.3 Å². The number of piperazine rings is 1. The maximum atomic E-state index is 13.5. The van der Waals surface area contributed by atoms with Crippen LogP contribution >= 0.6 is 11.3 Å². The lowest BCUT2D eigenvalue weighted by molar-refractivity contribution is 0.00567. The number of aromatic nitrogens is 4. The molecule has 11 nitrogen and oxygen atoms in total. The molecule has 3 aromatic rings. The first-order valence-electron chi connectivity index (χ1n) is 13.0. The number of carbonyl (C=O) groups is 1. The third kappa shape index (κ3) is 5.63. The third-order valence-corrected chi connectivity index (χ3v) is 9.50. The highest BCUT2D eigenvalue weighted by Gasteiger charge is 2.42. The summed E-state index contributed by atoms with van der Waals surface area (Å²) in [6.07, 6.45) is 1.28. The molecule has 1 amide bonds. The number of amides is 1. The van der Waals surface area contributed by atoms with Gasteiger partial charge in [0.05, 0.1) is 29.5 Å². The van der Waals surface area contributed by atoms with Crippen molar-refractivity contribution in [1.82, 2.24) is 29.2 Å². The number of carbonyl (C=O) groups excluding carboxylic acids is 1. The summed E-state index contributed by atoms with van der Waals surface area (Å²) in [5.74, 6) is 0.212. The Morgan fingerprint density at radius 3 is 2.40 bits per heavy atom. The molecule has 15 heteroatoms. The van der Waals surface area contributed by atoms with Crippen LogP contribution < -0.4 is 9.62 Å². The zero-order valence-electron chi connectivity index (χ0n) is 23.2. The van der Waals surface area contributed by atoms with E-state index in [1.165, 1.54) is 6.20 Å². The highest BCUT2D eigenvalue weighted by atomic mass is 32.2. The minimum absolute atomic E-state index is 0.0100. The number of rotatable bonds is 6. The number of imidazole rings is 1. The number of halogens is 2. The first-order valence-corrected chi connectivity index (χ1v) is 15.3. The lowest BCUT2D eigenvalue weighted by Crippen LogP contribution is -2.59. The smallest absolute Gasteiger partial charge is 0.410 e. The summed E-state index contributed by atoms with van der Waals surface area (Å²) < 4.78 is 63.4. The van der Waals surface area contributed by atoms with Gasteiger partial charge in [0.1, 0.15) is 10.5 Å². The summed E-state index contributed by atoms with van der Waals surface area (Å²) in [6.45, 7) is 11.9. The van der Waals surface area contributed by atoms with Gasteiger partial charge in [-0.15, -0.1) is 10.2 Å². The Hall–Kier alpha value is -2.91. The van der Waals surface area contributed by atoms with Crippen LogP contribution in [0.5, 0.6) is 0 Å². The fraction of sp³-hybridized carbons (Fsp3) is 0.600. The van der Waals surface area contributed by atoms with Crippen molar-refractivity contribution >= 4 is 38.7 Å². The Balaban J connectivity index is 1.57. The highest BCUT2D eigenvalue weighted by molar-refractivity contribution is 7.89. The summed E-state index contributed by atoms with van der Waals surface area (Å²) in [4.78, 5) is 21.1. The molecule has 2 aliphatic rings. The van der Waals surface area contributed by atoms with Crippen molar-refractivity contribution in [3.63, 3.8) is 0 Å². The van der Waals surface area contributed by atoms with E-state index in [1.54, 1.807) is 21.6 Å². The van der Waals surface area contributed by atoms with Gasteiger partial charge in [-0.05, 0) is 60.5 Å². The molecule has 0 bridgehead atoms. The molecule has 2 fully saturated rings. The van der Waals surface area contributed by atoms with Crippen molar-refractivity contribution in [3.05, 3.63) is 23.5 Å². The molecule has 40 heavy (non-hydrogen) atoms. The summed E-state index contributed by atoms with van der Waals surface area (Å²) in [7, 11) is -3.93. The van der Waals surface area contributed by atoms with E-state index >= 15 is 0 Å². The lowest BCUT2D eigenvalue weighted by Gasteiger charge is -2.45. The second-order valence-electron chi connectivity index (χ2n) is 11.8. The van der Waals surface area contributed by atoms with Crippen LogP contribution in [0, 0.1) is 0 Å². The van der Waals surface area contributed by atoms with E-state index in [4.69, 9.17) is 4.74 Å². The molecule has 218 valence electrons. The molecule has 3 aromatic heterocycles. The van der Waals surface area contributed by atoms with Gasteiger partial charge in [0.25, 0.3) is 6.43 Å². The number of fused-ring (bicyclic) bond motifs is 1. The van der Waals surface area contributed by atoms with E-state index < -0.39 is 38.7 Å². The van der Waals surface area contributed by atoms with Crippen LogP contribution in [0.2, 0.25) is 0 Å². The second kappa shape index (κ2) is 9.87. The number of hydrogen-bond donors (Lipinski definition) is 1. The normalized spacial score (nSPS) is 21.3. The van der Waals surface area contributed by atoms with Crippen molar-refractivity contribution in [1.29, 1.82) is 0 Å². The fourth-order valence-corrected chi connectivity index (χ4v) is 7.07. The number of nitrogens with zero attached hydrogens (tertiary/aromatic N) is 6. The van der Waals surface area contributed by atoms with Gasteiger partial charge >= 0.3 is 6.09 Å². The second-order valence-corrected chi connectivity index (χ2v) is 14.5. The molecular formula is C25H33F2N7O4S2. The molecule has 1 saturated carbocycles. The van der Waals surface area contributed by atoms with Crippen molar-refractivity contribution in [2.24, 2.45) is 0 Å². The molecule has 1 N–H and O–H groups in total. The number of anilines is 1. The van der Waals surface area contributed by atoms with Gasteiger partial charge in [0.2, 0.25) is 10.0 Å². The van der Waals surface area contributed by atoms with Crippen LogP contribution in [0.3, 0.4) is 0 Å². The summed E-state index contributed by atoms with van der Waals surface area (Å²) in [5.41, 5.74) is 0.0182. The average molecular weight is 598 g/mol. The van der Waals surface area contributed by atoms with Crippen LogP contribution in [-0.2, 0) is 14.8 Å². The van der Waals surface area contributed by atoms with Crippen LogP contribution in [0.4, 0.5) is 19.3 Å². The van der Waals surface area contributed by atoms with E-state index in [2.05, 4.69) is 19.9 Å². The lowest BCUT2D eigenvalue weighted by atomic mass is 10.1. The minimum Gasteiger partial charge on any atom is -0.444 e. The van der Waals surface area contributed by atoms with E-state index in [9.17, 15) is 22.0 Å². The standard InChI is InChI=1S/C25H33F2N7O4S2/c1-14-11-32(12-15(2)34(14)23(35)38-24(3,4)5)17-9-16(40(36,37)31-25(6)7-8-25)13-33-18(17)10-28-20(33)22-30-29-21(39-22)19(26)27/h9-10,13-15,19,31H,7-8,11-12H2,1-6H3/t14-,15-/m1/s1. The number of alkyl halides is 2. The zero-order valence-corrected chi connectivity index (χ0v) is 24.8. The van der Waals surface area contributed by atoms with E-state index in [0.717, 1.165) is 12.8 Å². The third-order valence-electron chi connectivity index (χ3n) is 6.97. The van der Waals surface area contributed by atoms with Crippen LogP contribution in [0.1, 0.15) is 65.8 Å². The largest absolute Gasteiger partial charge is 0.444 e. The topological polar surface area (TPSA) is 122 Å². The summed E-state index contributed by atoms with van der Waals surface area (Å²) >= 11 is 0.705. The fourth-order valence-electron chi connectivity index (χ4n) is 4.89. The molecular weight excluding hydrogens is 564 g/mol. The highest BCUT2D eigenvalue weighted by Crippen LogP contribution is 2.38.